The largest absolute Gasteiger partial charge is 0.456 e. The maximum atomic E-state index is 12.9. The maximum Gasteiger partial charge on any atom is 0.355 e. The SMILES string of the molecule is CC(C)=C(C(=O)OCc1cccc([N+](=O)[O-])c1)N1C(=O)C2N=C(Cc3ccccc3)SC21. The fraction of sp³-hybridized carbons (Fsp3) is 0.261. The monoisotopic (exact) mass is 451 g/mol. The lowest BCUT2D eigenvalue weighted by atomic mass is 10.0. The Morgan fingerprint density at radius 3 is 2.56 bits per heavy atom. The van der Waals surface area contributed by atoms with Gasteiger partial charge in [0.15, 0.2) is 6.04 Å². The molecule has 0 N–H and O–H groups in total. The van der Waals surface area contributed by atoms with Crippen LogP contribution in [0.5, 0.6) is 0 Å². The van der Waals surface area contributed by atoms with Gasteiger partial charge in [-0.15, -0.1) is 0 Å². The van der Waals surface area contributed by atoms with Gasteiger partial charge in [0, 0.05) is 18.6 Å². The van der Waals surface area contributed by atoms with E-state index in [9.17, 15) is 19.7 Å². The summed E-state index contributed by atoms with van der Waals surface area (Å²) in [5.41, 5.74) is 2.38. The predicted molar refractivity (Wildman–Crippen MR) is 121 cm³/mol. The number of fused-ring (bicyclic) bond motifs is 1. The van der Waals surface area contributed by atoms with Gasteiger partial charge in [-0.25, -0.2) is 4.79 Å². The number of amides is 1. The summed E-state index contributed by atoms with van der Waals surface area (Å²) in [4.78, 5) is 42.1. The first-order valence-electron chi connectivity index (χ1n) is 10.0. The molecule has 1 saturated heterocycles. The summed E-state index contributed by atoms with van der Waals surface area (Å²) in [6, 6.07) is 15.3. The van der Waals surface area contributed by atoms with E-state index in [1.165, 1.54) is 34.9 Å². The molecule has 1 amide bonds. The predicted octanol–water partition coefficient (Wildman–Crippen LogP) is 3.86. The number of aliphatic imine (C=N–C) groups is 1. The summed E-state index contributed by atoms with van der Waals surface area (Å²) in [5, 5.41) is 11.5. The molecule has 0 spiro atoms. The van der Waals surface area contributed by atoms with Gasteiger partial charge >= 0.3 is 5.97 Å². The fourth-order valence-corrected chi connectivity index (χ4v) is 4.95. The number of benzene rings is 2. The van der Waals surface area contributed by atoms with E-state index < -0.39 is 16.9 Å². The Morgan fingerprint density at radius 1 is 1.16 bits per heavy atom. The molecular weight excluding hydrogens is 430 g/mol. The van der Waals surface area contributed by atoms with Crippen molar-refractivity contribution in [1.82, 2.24) is 4.90 Å². The van der Waals surface area contributed by atoms with E-state index in [0.29, 0.717) is 17.6 Å². The molecule has 8 nitrogen and oxygen atoms in total. The first-order chi connectivity index (χ1) is 15.3. The molecule has 9 heteroatoms. The Morgan fingerprint density at radius 2 is 1.88 bits per heavy atom. The smallest absolute Gasteiger partial charge is 0.355 e. The minimum Gasteiger partial charge on any atom is -0.456 e. The standard InChI is InChI=1S/C23H21N3O5S/c1-14(2)20(23(28)31-13-16-9-6-10-17(11-16)26(29)30)25-21(27)19-22(25)32-18(24-19)12-15-7-4-3-5-8-15/h3-11,19,22H,12-13H2,1-2H3. The number of non-ortho nitro benzene ring substituents is 1. The van der Waals surface area contributed by atoms with Gasteiger partial charge in [-0.05, 0) is 30.5 Å². The van der Waals surface area contributed by atoms with Gasteiger partial charge < -0.3 is 4.74 Å². The molecule has 2 aromatic rings. The molecule has 0 aromatic heterocycles. The molecule has 0 bridgehead atoms. The van der Waals surface area contributed by atoms with Crippen molar-refractivity contribution in [3.8, 4) is 0 Å². The number of rotatable bonds is 7. The number of hydrogen-bond donors (Lipinski definition) is 0. The summed E-state index contributed by atoms with van der Waals surface area (Å²) in [5.74, 6) is -0.866. The molecule has 4 rings (SSSR count). The summed E-state index contributed by atoms with van der Waals surface area (Å²) >= 11 is 1.49. The molecule has 164 valence electrons. The summed E-state index contributed by atoms with van der Waals surface area (Å²) in [6.07, 6.45) is 0.640. The normalized spacial score (nSPS) is 19.0. The van der Waals surface area contributed by atoms with Crippen LogP contribution in [0.4, 0.5) is 5.69 Å². The van der Waals surface area contributed by atoms with Crippen molar-refractivity contribution in [2.24, 2.45) is 4.99 Å². The van der Waals surface area contributed by atoms with Crippen molar-refractivity contribution in [2.75, 3.05) is 0 Å². The van der Waals surface area contributed by atoms with Crippen molar-refractivity contribution in [3.05, 3.63) is 87.1 Å². The van der Waals surface area contributed by atoms with Crippen LogP contribution in [0, 0.1) is 10.1 Å². The quantitative estimate of drug-likeness (QED) is 0.208. The molecule has 0 saturated carbocycles. The number of esters is 1. The van der Waals surface area contributed by atoms with Crippen molar-refractivity contribution in [3.63, 3.8) is 0 Å². The zero-order valence-corrected chi connectivity index (χ0v) is 18.4. The Bertz CT molecular complexity index is 1140. The Labute approximate surface area is 189 Å². The topological polar surface area (TPSA) is 102 Å². The van der Waals surface area contributed by atoms with E-state index in [-0.39, 0.29) is 29.3 Å². The van der Waals surface area contributed by atoms with Crippen LogP contribution in [0.15, 0.2) is 70.9 Å². The third kappa shape index (κ3) is 4.29. The fourth-order valence-electron chi connectivity index (χ4n) is 3.63. The van der Waals surface area contributed by atoms with Crippen molar-refractivity contribution >= 4 is 34.4 Å². The van der Waals surface area contributed by atoms with E-state index in [2.05, 4.69) is 4.99 Å². The Kier molecular flexibility index (Phi) is 6.09. The first-order valence-corrected chi connectivity index (χ1v) is 10.9. The number of likely N-dealkylation sites (tertiary alicyclic amines) is 1. The van der Waals surface area contributed by atoms with Crippen LogP contribution >= 0.6 is 11.8 Å². The average Bonchev–Trinajstić information content (AvgIpc) is 3.15. The number of nitro groups is 1. The van der Waals surface area contributed by atoms with Crippen LogP contribution in [-0.4, -0.2) is 38.2 Å². The Balaban J connectivity index is 1.43. The van der Waals surface area contributed by atoms with E-state index in [0.717, 1.165) is 10.6 Å². The van der Waals surface area contributed by atoms with Gasteiger partial charge in [0.1, 0.15) is 17.7 Å². The third-order valence-electron chi connectivity index (χ3n) is 5.15. The number of nitro benzene ring substituents is 1. The number of β-lactam (4-membered cyclic amide) rings is 1. The van der Waals surface area contributed by atoms with E-state index >= 15 is 0 Å². The molecule has 2 aliphatic rings. The number of allylic oxidation sites excluding steroid dienone is 1. The van der Waals surface area contributed by atoms with Crippen molar-refractivity contribution in [1.29, 1.82) is 0 Å². The average molecular weight is 452 g/mol. The maximum absolute atomic E-state index is 12.9. The van der Waals surface area contributed by atoms with Gasteiger partial charge in [-0.2, -0.15) is 0 Å². The second kappa shape index (κ2) is 8.96. The lowest BCUT2D eigenvalue weighted by Gasteiger charge is -2.41. The highest BCUT2D eigenvalue weighted by Crippen LogP contribution is 2.42. The molecule has 1 fully saturated rings. The van der Waals surface area contributed by atoms with Gasteiger partial charge in [0.2, 0.25) is 0 Å². The Hall–Kier alpha value is -3.46. The molecule has 32 heavy (non-hydrogen) atoms. The number of carbonyl (C=O) groups excluding carboxylic acids is 2. The minimum atomic E-state index is -0.639. The molecule has 2 unspecified atom stereocenters. The van der Waals surface area contributed by atoms with Crippen LogP contribution in [0.25, 0.3) is 0 Å². The molecule has 0 radical (unpaired) electrons. The zero-order chi connectivity index (χ0) is 22.8. The molecule has 2 heterocycles. The van der Waals surface area contributed by atoms with Crippen molar-refractivity contribution < 1.29 is 19.2 Å². The molecule has 2 aliphatic heterocycles. The van der Waals surface area contributed by atoms with Crippen LogP contribution in [-0.2, 0) is 27.4 Å². The zero-order valence-electron chi connectivity index (χ0n) is 17.6. The second-order valence-electron chi connectivity index (χ2n) is 7.70. The molecular formula is C23H21N3O5S. The number of ether oxygens (including phenoxy) is 1. The molecule has 2 aromatic carbocycles. The lowest BCUT2D eigenvalue weighted by molar-refractivity contribution is -0.384. The van der Waals surface area contributed by atoms with E-state index in [1.54, 1.807) is 19.9 Å². The highest BCUT2D eigenvalue weighted by molar-refractivity contribution is 8.14. The first kappa shape index (κ1) is 21.8. The van der Waals surface area contributed by atoms with Gasteiger partial charge in [0.05, 0.1) is 9.97 Å². The van der Waals surface area contributed by atoms with Crippen LogP contribution < -0.4 is 0 Å². The highest BCUT2D eigenvalue weighted by Gasteiger charge is 2.55. The summed E-state index contributed by atoms with van der Waals surface area (Å²) in [7, 11) is 0. The van der Waals surface area contributed by atoms with Gasteiger partial charge in [0.25, 0.3) is 11.6 Å². The highest BCUT2D eigenvalue weighted by atomic mass is 32.2. The van der Waals surface area contributed by atoms with Crippen LogP contribution in [0.2, 0.25) is 0 Å². The molecule has 0 aliphatic carbocycles. The van der Waals surface area contributed by atoms with Gasteiger partial charge in [-0.1, -0.05) is 54.2 Å². The van der Waals surface area contributed by atoms with E-state index in [1.807, 2.05) is 30.3 Å². The van der Waals surface area contributed by atoms with Crippen LogP contribution in [0.1, 0.15) is 25.0 Å². The number of nitrogens with zero attached hydrogens (tertiary/aromatic N) is 3. The van der Waals surface area contributed by atoms with E-state index in [4.69, 9.17) is 4.74 Å². The lowest BCUT2D eigenvalue weighted by Crippen LogP contribution is -2.61. The van der Waals surface area contributed by atoms with Crippen LogP contribution in [0.3, 0.4) is 0 Å². The van der Waals surface area contributed by atoms with Gasteiger partial charge in [-0.3, -0.25) is 24.8 Å². The summed E-state index contributed by atoms with van der Waals surface area (Å²) in [6.45, 7) is 3.36. The third-order valence-corrected chi connectivity index (χ3v) is 6.38. The second-order valence-corrected chi connectivity index (χ2v) is 8.89. The number of hydrogen-bond acceptors (Lipinski definition) is 7. The van der Waals surface area contributed by atoms with Crippen molar-refractivity contribution in [2.45, 2.75) is 38.3 Å². The number of thioether (sulfide) groups is 1. The molecule has 2 atom stereocenters. The minimum absolute atomic E-state index is 0.0767. The number of carbonyl (C=O) groups is 2. The summed E-state index contributed by atoms with van der Waals surface area (Å²) < 4.78 is 5.40.